The van der Waals surface area contributed by atoms with E-state index in [1.165, 1.54) is 0 Å². The first kappa shape index (κ1) is 9.79. The lowest BCUT2D eigenvalue weighted by molar-refractivity contribution is -0.139. The van der Waals surface area contributed by atoms with E-state index >= 15 is 0 Å². The van der Waals surface area contributed by atoms with Crippen LogP contribution in [0.4, 0.5) is 23.2 Å². The first-order chi connectivity index (χ1) is 5.96. The Morgan fingerprint density at radius 3 is 2.23 bits per heavy atom. The average molecular weight is 194 g/mol. The molecule has 0 fully saturated rings. The van der Waals surface area contributed by atoms with E-state index in [-0.39, 0.29) is 0 Å². The molecule has 1 aromatic carbocycles. The van der Waals surface area contributed by atoms with E-state index in [9.17, 15) is 17.6 Å². The van der Waals surface area contributed by atoms with Crippen molar-refractivity contribution in [2.75, 3.05) is 5.43 Å². The zero-order valence-electron chi connectivity index (χ0n) is 6.32. The fourth-order valence-corrected chi connectivity index (χ4v) is 0.933. The number of hydrazine groups is 1. The molecule has 3 N–H and O–H groups in total. The van der Waals surface area contributed by atoms with Crippen molar-refractivity contribution in [2.24, 2.45) is 5.84 Å². The van der Waals surface area contributed by atoms with Gasteiger partial charge < -0.3 is 5.43 Å². The molecule has 6 heteroatoms. The van der Waals surface area contributed by atoms with Crippen molar-refractivity contribution in [3.63, 3.8) is 0 Å². The van der Waals surface area contributed by atoms with Crippen molar-refractivity contribution in [1.82, 2.24) is 0 Å². The van der Waals surface area contributed by atoms with Crippen LogP contribution in [0.15, 0.2) is 18.2 Å². The summed E-state index contributed by atoms with van der Waals surface area (Å²) < 4.78 is 49.2. The first-order valence-electron chi connectivity index (χ1n) is 3.29. The summed E-state index contributed by atoms with van der Waals surface area (Å²) >= 11 is 0. The molecule has 0 unspecified atom stereocenters. The molecule has 0 heterocycles. The standard InChI is InChI=1S/C7H6F4N2/c8-4-2-1-3-5(13-12)6(4)7(9,10)11/h1-3,13H,12H2. The molecule has 0 spiro atoms. The lowest BCUT2D eigenvalue weighted by Gasteiger charge is -2.12. The molecule has 1 rings (SSSR count). The van der Waals surface area contributed by atoms with Crippen molar-refractivity contribution in [3.8, 4) is 0 Å². The van der Waals surface area contributed by atoms with Crippen LogP contribution in [0.3, 0.4) is 0 Å². The van der Waals surface area contributed by atoms with Gasteiger partial charge in [-0.1, -0.05) is 6.07 Å². The number of nitrogen functional groups attached to an aromatic ring is 1. The second-order valence-corrected chi connectivity index (χ2v) is 2.30. The molecule has 1 aromatic rings. The molecule has 0 aliphatic carbocycles. The van der Waals surface area contributed by atoms with Crippen molar-refractivity contribution in [3.05, 3.63) is 29.6 Å². The van der Waals surface area contributed by atoms with E-state index in [0.29, 0.717) is 0 Å². The summed E-state index contributed by atoms with van der Waals surface area (Å²) in [6.45, 7) is 0. The SMILES string of the molecule is NNc1cccc(F)c1C(F)(F)F. The summed E-state index contributed by atoms with van der Waals surface area (Å²) in [6.07, 6.45) is -4.74. The third-order valence-electron chi connectivity index (χ3n) is 1.45. The maximum Gasteiger partial charge on any atom is 0.421 e. The van der Waals surface area contributed by atoms with Crippen molar-refractivity contribution < 1.29 is 17.6 Å². The fourth-order valence-electron chi connectivity index (χ4n) is 0.933. The second kappa shape index (κ2) is 3.21. The van der Waals surface area contributed by atoms with E-state index in [1.54, 1.807) is 5.43 Å². The molecule has 0 saturated heterocycles. The van der Waals surface area contributed by atoms with E-state index < -0.39 is 23.2 Å². The van der Waals surface area contributed by atoms with Gasteiger partial charge in [0, 0.05) is 0 Å². The largest absolute Gasteiger partial charge is 0.421 e. The quantitative estimate of drug-likeness (QED) is 0.408. The third-order valence-corrected chi connectivity index (χ3v) is 1.45. The number of hydrogen-bond donors (Lipinski definition) is 2. The Kier molecular flexibility index (Phi) is 2.42. The highest BCUT2D eigenvalue weighted by Gasteiger charge is 2.36. The van der Waals surface area contributed by atoms with E-state index in [0.717, 1.165) is 18.2 Å². The van der Waals surface area contributed by atoms with Crippen LogP contribution in [0.25, 0.3) is 0 Å². The van der Waals surface area contributed by atoms with Gasteiger partial charge in [-0.25, -0.2) is 4.39 Å². The zero-order chi connectivity index (χ0) is 10.1. The van der Waals surface area contributed by atoms with Gasteiger partial charge in [-0.15, -0.1) is 0 Å². The minimum absolute atomic E-state index is 0.479. The van der Waals surface area contributed by atoms with Gasteiger partial charge in [0.2, 0.25) is 0 Å². The fraction of sp³-hybridized carbons (Fsp3) is 0.143. The molecule has 13 heavy (non-hydrogen) atoms. The third kappa shape index (κ3) is 1.89. The summed E-state index contributed by atoms with van der Waals surface area (Å²) in [6, 6.07) is 2.91. The number of halogens is 4. The van der Waals surface area contributed by atoms with E-state index in [2.05, 4.69) is 0 Å². The predicted octanol–water partition coefficient (Wildman–Crippen LogP) is 2.13. The Balaban J connectivity index is 3.32. The van der Waals surface area contributed by atoms with Gasteiger partial charge >= 0.3 is 6.18 Å². The second-order valence-electron chi connectivity index (χ2n) is 2.30. The number of anilines is 1. The zero-order valence-corrected chi connectivity index (χ0v) is 6.32. The topological polar surface area (TPSA) is 38.0 Å². The van der Waals surface area contributed by atoms with Crippen molar-refractivity contribution in [1.29, 1.82) is 0 Å². The van der Waals surface area contributed by atoms with Crippen LogP contribution in [0.1, 0.15) is 5.56 Å². The summed E-state index contributed by atoms with van der Waals surface area (Å²) in [5.74, 6) is 3.46. The maximum atomic E-state index is 12.7. The molecule has 0 saturated carbocycles. The molecule has 2 nitrogen and oxygen atoms in total. The molecule has 0 amide bonds. The lowest BCUT2D eigenvalue weighted by atomic mass is 10.1. The lowest BCUT2D eigenvalue weighted by Crippen LogP contribution is -2.16. The van der Waals surface area contributed by atoms with Gasteiger partial charge in [0.1, 0.15) is 11.4 Å². The Hall–Kier alpha value is -1.30. The summed E-state index contributed by atoms with van der Waals surface area (Å²) in [5, 5.41) is 0. The number of nitrogens with one attached hydrogen (secondary N) is 1. The highest BCUT2D eigenvalue weighted by atomic mass is 19.4. The molecular weight excluding hydrogens is 188 g/mol. The monoisotopic (exact) mass is 194 g/mol. The van der Waals surface area contributed by atoms with Gasteiger partial charge in [-0.3, -0.25) is 5.84 Å². The van der Waals surface area contributed by atoms with Crippen molar-refractivity contribution >= 4 is 5.69 Å². The average Bonchev–Trinajstić information content (AvgIpc) is 2.01. The van der Waals surface area contributed by atoms with Crippen LogP contribution in [-0.4, -0.2) is 0 Å². The van der Waals surface area contributed by atoms with Gasteiger partial charge in [0.05, 0.1) is 5.69 Å². The molecule has 0 aliphatic heterocycles. The summed E-state index contributed by atoms with van der Waals surface area (Å²) in [4.78, 5) is 0. The van der Waals surface area contributed by atoms with Crippen LogP contribution < -0.4 is 11.3 Å². The minimum atomic E-state index is -4.74. The molecule has 0 bridgehead atoms. The number of benzene rings is 1. The van der Waals surface area contributed by atoms with Crippen LogP contribution in [-0.2, 0) is 6.18 Å². The van der Waals surface area contributed by atoms with Gasteiger partial charge in [0.25, 0.3) is 0 Å². The Morgan fingerprint density at radius 1 is 1.23 bits per heavy atom. The highest BCUT2D eigenvalue weighted by molar-refractivity contribution is 5.52. The van der Waals surface area contributed by atoms with Gasteiger partial charge in [-0.2, -0.15) is 13.2 Å². The minimum Gasteiger partial charge on any atom is -0.323 e. The number of nitrogens with two attached hydrogens (primary N) is 1. The van der Waals surface area contributed by atoms with Crippen LogP contribution >= 0.6 is 0 Å². The van der Waals surface area contributed by atoms with Crippen LogP contribution in [0, 0.1) is 5.82 Å². The Labute approximate surface area is 71.3 Å². The molecular formula is C7H6F4N2. The van der Waals surface area contributed by atoms with Gasteiger partial charge in [-0.05, 0) is 12.1 Å². The number of alkyl halides is 3. The highest BCUT2D eigenvalue weighted by Crippen LogP contribution is 2.36. The van der Waals surface area contributed by atoms with Crippen molar-refractivity contribution in [2.45, 2.75) is 6.18 Å². The smallest absolute Gasteiger partial charge is 0.323 e. The van der Waals surface area contributed by atoms with Gasteiger partial charge in [0.15, 0.2) is 0 Å². The molecule has 0 radical (unpaired) electrons. The number of rotatable bonds is 1. The summed E-state index contributed by atoms with van der Waals surface area (Å²) in [5.41, 5.74) is -0.0735. The molecule has 72 valence electrons. The predicted molar refractivity (Wildman–Crippen MR) is 39.2 cm³/mol. The maximum absolute atomic E-state index is 12.7. The van der Waals surface area contributed by atoms with E-state index in [1.807, 2.05) is 0 Å². The van der Waals surface area contributed by atoms with E-state index in [4.69, 9.17) is 5.84 Å². The number of hydrogen-bond acceptors (Lipinski definition) is 2. The van der Waals surface area contributed by atoms with Crippen LogP contribution in [0.5, 0.6) is 0 Å². The normalized spacial score (nSPS) is 11.5. The van der Waals surface area contributed by atoms with Crippen LogP contribution in [0.2, 0.25) is 0 Å². The summed E-state index contributed by atoms with van der Waals surface area (Å²) in [7, 11) is 0. The molecule has 0 aliphatic rings. The Morgan fingerprint density at radius 2 is 1.85 bits per heavy atom. The molecule has 0 atom stereocenters. The Bertz CT molecular complexity index is 308. The molecule has 0 aromatic heterocycles. The first-order valence-corrected chi connectivity index (χ1v) is 3.29.